The average molecular weight is 311 g/mol. The number of benzene rings is 2. The van der Waals surface area contributed by atoms with Gasteiger partial charge in [-0.1, -0.05) is 60.7 Å². The molecular weight excluding hydrogens is 294 g/mol. The van der Waals surface area contributed by atoms with Crippen LogP contribution in [0, 0.1) is 0 Å². The predicted octanol–water partition coefficient (Wildman–Crippen LogP) is 3.43. The largest absolute Gasteiger partial charge is 0.477 e. The lowest BCUT2D eigenvalue weighted by molar-refractivity contribution is -0.133. The van der Waals surface area contributed by atoms with Crippen molar-refractivity contribution in [1.82, 2.24) is 5.32 Å². The predicted molar refractivity (Wildman–Crippen MR) is 86.4 cm³/mol. The van der Waals surface area contributed by atoms with Crippen LogP contribution in [0.1, 0.15) is 18.1 Å². The molecule has 5 heteroatoms. The molecule has 0 radical (unpaired) electrons. The fraction of sp³-hybridized carbons (Fsp3) is 0.111. The Kier molecular flexibility index (Phi) is 5.52. The molecule has 0 aliphatic rings. The maximum atomic E-state index is 11.8. The molecule has 2 N–H and O–H groups in total. The van der Waals surface area contributed by atoms with Crippen LogP contribution in [0.4, 0.5) is 4.79 Å². The highest BCUT2D eigenvalue weighted by Gasteiger charge is 2.16. The number of aliphatic carboxylic acids is 1. The summed E-state index contributed by atoms with van der Waals surface area (Å²) in [6, 6.07) is 18.1. The molecule has 0 aliphatic heterocycles. The SMILES string of the molecule is C/C(=C(/NC(=O)OCc1ccccc1)C(=O)O)c1ccccc1. The summed E-state index contributed by atoms with van der Waals surface area (Å²) in [7, 11) is 0. The minimum atomic E-state index is -1.22. The van der Waals surface area contributed by atoms with Crippen LogP contribution in [0.2, 0.25) is 0 Å². The van der Waals surface area contributed by atoms with Crippen molar-refractivity contribution in [1.29, 1.82) is 0 Å². The molecule has 118 valence electrons. The molecule has 0 bridgehead atoms. The molecule has 0 atom stereocenters. The highest BCUT2D eigenvalue weighted by atomic mass is 16.5. The first-order valence-corrected chi connectivity index (χ1v) is 7.05. The van der Waals surface area contributed by atoms with Crippen LogP contribution in [-0.2, 0) is 16.1 Å². The summed E-state index contributed by atoms with van der Waals surface area (Å²) in [6.45, 7) is 1.71. The number of ether oxygens (including phenoxy) is 1. The second-order valence-corrected chi connectivity index (χ2v) is 4.86. The van der Waals surface area contributed by atoms with E-state index in [9.17, 15) is 14.7 Å². The zero-order valence-corrected chi connectivity index (χ0v) is 12.7. The molecule has 0 unspecified atom stereocenters. The number of rotatable bonds is 5. The number of carboxylic acid groups (broad SMARTS) is 1. The number of nitrogens with one attached hydrogen (secondary N) is 1. The van der Waals surface area contributed by atoms with Gasteiger partial charge >= 0.3 is 12.1 Å². The van der Waals surface area contributed by atoms with E-state index in [1.54, 1.807) is 31.2 Å². The van der Waals surface area contributed by atoms with E-state index in [1.165, 1.54) is 0 Å². The van der Waals surface area contributed by atoms with Gasteiger partial charge in [0.2, 0.25) is 0 Å². The first-order valence-electron chi connectivity index (χ1n) is 7.05. The molecule has 0 spiro atoms. The summed E-state index contributed by atoms with van der Waals surface area (Å²) in [5.74, 6) is -1.22. The average Bonchev–Trinajstić information content (AvgIpc) is 2.58. The van der Waals surface area contributed by atoms with Crippen molar-refractivity contribution in [2.24, 2.45) is 0 Å². The Hall–Kier alpha value is -3.08. The van der Waals surface area contributed by atoms with E-state index in [4.69, 9.17) is 4.74 Å². The van der Waals surface area contributed by atoms with Gasteiger partial charge < -0.3 is 9.84 Å². The molecule has 0 fully saturated rings. The number of hydrogen-bond acceptors (Lipinski definition) is 3. The fourth-order valence-corrected chi connectivity index (χ4v) is 2.00. The zero-order chi connectivity index (χ0) is 16.7. The smallest absolute Gasteiger partial charge is 0.412 e. The first-order chi connectivity index (χ1) is 11.1. The van der Waals surface area contributed by atoms with Crippen molar-refractivity contribution >= 4 is 17.6 Å². The van der Waals surface area contributed by atoms with Crippen molar-refractivity contribution in [3.63, 3.8) is 0 Å². The Morgan fingerprint density at radius 3 is 2.13 bits per heavy atom. The first kappa shape index (κ1) is 16.3. The number of carboxylic acids is 1. The lowest BCUT2D eigenvalue weighted by Crippen LogP contribution is -2.28. The Morgan fingerprint density at radius 1 is 1.00 bits per heavy atom. The Morgan fingerprint density at radius 2 is 1.57 bits per heavy atom. The van der Waals surface area contributed by atoms with Crippen molar-refractivity contribution in [3.05, 3.63) is 77.5 Å². The van der Waals surface area contributed by atoms with Gasteiger partial charge in [0.1, 0.15) is 12.3 Å². The highest BCUT2D eigenvalue weighted by molar-refractivity contribution is 5.98. The number of carbonyl (C=O) groups excluding carboxylic acids is 1. The molecule has 2 aromatic rings. The zero-order valence-electron chi connectivity index (χ0n) is 12.7. The van der Waals surface area contributed by atoms with Gasteiger partial charge in [-0.05, 0) is 23.6 Å². The molecule has 0 aliphatic carbocycles. The molecule has 0 saturated carbocycles. The van der Waals surface area contributed by atoms with Gasteiger partial charge in [0, 0.05) is 0 Å². The van der Waals surface area contributed by atoms with Crippen LogP contribution in [0.15, 0.2) is 66.4 Å². The van der Waals surface area contributed by atoms with Gasteiger partial charge in [0.15, 0.2) is 0 Å². The van der Waals surface area contributed by atoms with E-state index in [2.05, 4.69) is 5.32 Å². The van der Waals surface area contributed by atoms with Gasteiger partial charge in [0.05, 0.1) is 0 Å². The van der Waals surface area contributed by atoms with Crippen LogP contribution >= 0.6 is 0 Å². The maximum absolute atomic E-state index is 11.8. The van der Waals surface area contributed by atoms with Gasteiger partial charge in [0.25, 0.3) is 0 Å². The van der Waals surface area contributed by atoms with E-state index in [-0.39, 0.29) is 12.3 Å². The van der Waals surface area contributed by atoms with Crippen molar-refractivity contribution < 1.29 is 19.4 Å². The van der Waals surface area contributed by atoms with E-state index in [1.807, 2.05) is 36.4 Å². The van der Waals surface area contributed by atoms with E-state index in [0.29, 0.717) is 11.1 Å². The van der Waals surface area contributed by atoms with E-state index >= 15 is 0 Å². The molecule has 0 aromatic heterocycles. The monoisotopic (exact) mass is 311 g/mol. The standard InChI is InChI=1S/C18H17NO4/c1-13(15-10-6-3-7-11-15)16(17(20)21)19-18(22)23-12-14-8-4-2-5-9-14/h2-11H,12H2,1H3,(H,19,22)(H,20,21)/b16-13-. The minimum absolute atomic E-state index is 0.0734. The summed E-state index contributed by atoms with van der Waals surface area (Å²) in [5, 5.41) is 11.6. The second-order valence-electron chi connectivity index (χ2n) is 4.86. The summed E-state index contributed by atoms with van der Waals surface area (Å²) in [4.78, 5) is 23.2. The molecule has 0 saturated heterocycles. The molecule has 23 heavy (non-hydrogen) atoms. The molecule has 0 heterocycles. The summed E-state index contributed by atoms with van der Waals surface area (Å²) in [5.41, 5.74) is 1.79. The third kappa shape index (κ3) is 4.71. The van der Waals surface area contributed by atoms with E-state index in [0.717, 1.165) is 5.56 Å². The fourth-order valence-electron chi connectivity index (χ4n) is 2.00. The summed E-state index contributed by atoms with van der Waals surface area (Å²) < 4.78 is 5.05. The maximum Gasteiger partial charge on any atom is 0.412 e. The molecule has 2 rings (SSSR count). The van der Waals surface area contributed by atoms with Crippen molar-refractivity contribution in [3.8, 4) is 0 Å². The number of allylic oxidation sites excluding steroid dienone is 1. The molecular formula is C18H17NO4. The second kappa shape index (κ2) is 7.79. The lowest BCUT2D eigenvalue weighted by atomic mass is 10.1. The molecule has 2 aromatic carbocycles. The van der Waals surface area contributed by atoms with Crippen LogP contribution < -0.4 is 5.32 Å². The van der Waals surface area contributed by atoms with Crippen LogP contribution in [0.3, 0.4) is 0 Å². The number of hydrogen-bond donors (Lipinski definition) is 2. The van der Waals surface area contributed by atoms with Gasteiger partial charge in [-0.3, -0.25) is 5.32 Å². The van der Waals surface area contributed by atoms with E-state index < -0.39 is 12.1 Å². The summed E-state index contributed by atoms with van der Waals surface area (Å²) in [6.07, 6.45) is -0.804. The normalized spacial score (nSPS) is 11.3. The number of amides is 1. The molecule has 5 nitrogen and oxygen atoms in total. The molecule has 1 amide bonds. The van der Waals surface area contributed by atoms with Gasteiger partial charge in [-0.15, -0.1) is 0 Å². The van der Waals surface area contributed by atoms with Crippen LogP contribution in [0.25, 0.3) is 5.57 Å². The Bertz CT molecular complexity index is 708. The van der Waals surface area contributed by atoms with Gasteiger partial charge in [-0.2, -0.15) is 0 Å². The topological polar surface area (TPSA) is 75.6 Å². The quantitative estimate of drug-likeness (QED) is 0.830. The minimum Gasteiger partial charge on any atom is -0.477 e. The third-order valence-corrected chi connectivity index (χ3v) is 3.24. The number of alkyl carbamates (subject to hydrolysis) is 1. The summed E-state index contributed by atoms with van der Waals surface area (Å²) >= 11 is 0. The Balaban J connectivity index is 2.07. The lowest BCUT2D eigenvalue weighted by Gasteiger charge is -2.11. The van der Waals surface area contributed by atoms with Crippen LogP contribution in [0.5, 0.6) is 0 Å². The van der Waals surface area contributed by atoms with Crippen molar-refractivity contribution in [2.75, 3.05) is 0 Å². The van der Waals surface area contributed by atoms with Gasteiger partial charge in [-0.25, -0.2) is 9.59 Å². The number of carbonyl (C=O) groups is 2. The van der Waals surface area contributed by atoms with Crippen LogP contribution in [-0.4, -0.2) is 17.2 Å². The highest BCUT2D eigenvalue weighted by Crippen LogP contribution is 2.16. The Labute approximate surface area is 134 Å². The third-order valence-electron chi connectivity index (χ3n) is 3.24. The van der Waals surface area contributed by atoms with Crippen molar-refractivity contribution in [2.45, 2.75) is 13.5 Å².